The van der Waals surface area contributed by atoms with Gasteiger partial charge in [-0.3, -0.25) is 4.79 Å². The van der Waals surface area contributed by atoms with Gasteiger partial charge in [-0.05, 0) is 80.5 Å². The molecule has 2 aromatic rings. The van der Waals surface area contributed by atoms with E-state index >= 15 is 0 Å². The Morgan fingerprint density at radius 3 is 2.30 bits per heavy atom. The molecule has 1 saturated heterocycles. The number of benzene rings is 2. The van der Waals surface area contributed by atoms with E-state index in [9.17, 15) is 4.79 Å². The van der Waals surface area contributed by atoms with Crippen molar-refractivity contribution in [2.75, 3.05) is 24.6 Å². The topological polar surface area (TPSA) is 50.8 Å². The molecule has 3 aliphatic rings. The molecule has 0 spiro atoms. The SMILES string of the molecule is CC(NC(=O)C1CC1)c1ccc(OC2CN(c3ccc(OCC4CC4)cc3)C2)cc1. The first-order valence-corrected chi connectivity index (χ1v) is 11.2. The lowest BCUT2D eigenvalue weighted by atomic mass is 10.1. The van der Waals surface area contributed by atoms with E-state index in [2.05, 4.69) is 34.5 Å². The van der Waals surface area contributed by atoms with E-state index in [1.807, 2.05) is 31.2 Å². The van der Waals surface area contributed by atoms with Crippen molar-refractivity contribution in [3.05, 3.63) is 54.1 Å². The van der Waals surface area contributed by atoms with Crippen LogP contribution in [0.2, 0.25) is 0 Å². The van der Waals surface area contributed by atoms with Gasteiger partial charge in [0.1, 0.15) is 17.6 Å². The molecule has 1 amide bonds. The van der Waals surface area contributed by atoms with Gasteiger partial charge in [0.25, 0.3) is 0 Å². The molecular formula is C25H30N2O3. The summed E-state index contributed by atoms with van der Waals surface area (Å²) in [5, 5.41) is 3.09. The number of carbonyl (C=O) groups excluding carboxylic acids is 1. The van der Waals surface area contributed by atoms with Gasteiger partial charge in [-0.25, -0.2) is 0 Å². The first kappa shape index (κ1) is 19.3. The van der Waals surface area contributed by atoms with Gasteiger partial charge in [0.2, 0.25) is 5.91 Å². The molecule has 2 saturated carbocycles. The third-order valence-corrected chi connectivity index (χ3v) is 6.22. The summed E-state index contributed by atoms with van der Waals surface area (Å²) in [6.45, 7) is 4.65. The van der Waals surface area contributed by atoms with Crippen LogP contribution in [0.3, 0.4) is 0 Å². The van der Waals surface area contributed by atoms with Crippen LogP contribution in [0.4, 0.5) is 5.69 Å². The zero-order valence-corrected chi connectivity index (χ0v) is 17.5. The van der Waals surface area contributed by atoms with Gasteiger partial charge >= 0.3 is 0 Å². The largest absolute Gasteiger partial charge is 0.493 e. The van der Waals surface area contributed by atoms with Crippen LogP contribution in [0.25, 0.3) is 0 Å². The summed E-state index contributed by atoms with van der Waals surface area (Å²) >= 11 is 0. The Morgan fingerprint density at radius 2 is 1.67 bits per heavy atom. The van der Waals surface area contributed by atoms with Gasteiger partial charge in [0.05, 0.1) is 25.7 Å². The summed E-state index contributed by atoms with van der Waals surface area (Å²) in [4.78, 5) is 14.2. The highest BCUT2D eigenvalue weighted by molar-refractivity contribution is 5.81. The molecule has 2 aromatic carbocycles. The number of ether oxygens (including phenoxy) is 2. The van der Waals surface area contributed by atoms with Gasteiger partial charge in [0.15, 0.2) is 0 Å². The van der Waals surface area contributed by atoms with Crippen LogP contribution in [0.1, 0.15) is 44.2 Å². The molecular weight excluding hydrogens is 376 g/mol. The van der Waals surface area contributed by atoms with Gasteiger partial charge < -0.3 is 19.7 Å². The molecule has 30 heavy (non-hydrogen) atoms. The minimum absolute atomic E-state index is 0.0302. The Balaban J connectivity index is 1.07. The Bertz CT molecular complexity index is 866. The summed E-state index contributed by atoms with van der Waals surface area (Å²) in [5.41, 5.74) is 2.32. The number of nitrogens with zero attached hydrogens (tertiary/aromatic N) is 1. The van der Waals surface area contributed by atoms with Crippen molar-refractivity contribution in [3.63, 3.8) is 0 Å². The maximum Gasteiger partial charge on any atom is 0.223 e. The molecule has 0 radical (unpaired) electrons. The zero-order valence-electron chi connectivity index (χ0n) is 17.5. The molecule has 2 aliphatic carbocycles. The number of amides is 1. The normalized spacial score (nSPS) is 19.7. The van der Waals surface area contributed by atoms with Crippen LogP contribution in [0.15, 0.2) is 48.5 Å². The highest BCUT2D eigenvalue weighted by Crippen LogP contribution is 2.31. The van der Waals surface area contributed by atoms with Gasteiger partial charge in [-0.2, -0.15) is 0 Å². The predicted molar refractivity (Wildman–Crippen MR) is 117 cm³/mol. The third kappa shape index (κ3) is 4.72. The third-order valence-electron chi connectivity index (χ3n) is 6.22. The summed E-state index contributed by atoms with van der Waals surface area (Å²) in [6, 6.07) is 16.5. The summed E-state index contributed by atoms with van der Waals surface area (Å²) in [6.07, 6.45) is 4.89. The van der Waals surface area contributed by atoms with E-state index in [1.54, 1.807) is 0 Å². The minimum atomic E-state index is 0.0302. The fraction of sp³-hybridized carbons (Fsp3) is 0.480. The van der Waals surface area contributed by atoms with Crippen molar-refractivity contribution in [1.82, 2.24) is 5.32 Å². The van der Waals surface area contributed by atoms with E-state index in [4.69, 9.17) is 9.47 Å². The number of rotatable bonds is 9. The van der Waals surface area contributed by atoms with Crippen LogP contribution in [-0.4, -0.2) is 31.7 Å². The molecule has 1 N–H and O–H groups in total. The number of nitrogens with one attached hydrogen (secondary N) is 1. The smallest absolute Gasteiger partial charge is 0.223 e. The molecule has 5 heteroatoms. The van der Waals surface area contributed by atoms with Crippen LogP contribution < -0.4 is 19.7 Å². The van der Waals surface area contributed by atoms with Gasteiger partial charge in [0, 0.05) is 11.6 Å². The molecule has 1 aliphatic heterocycles. The summed E-state index contributed by atoms with van der Waals surface area (Å²) < 4.78 is 11.9. The second-order valence-electron chi connectivity index (χ2n) is 8.97. The molecule has 1 atom stereocenters. The van der Waals surface area contributed by atoms with Crippen LogP contribution >= 0.6 is 0 Å². The number of hydrogen-bond donors (Lipinski definition) is 1. The Labute approximate surface area is 178 Å². The quantitative estimate of drug-likeness (QED) is 0.673. The highest BCUT2D eigenvalue weighted by Gasteiger charge is 2.31. The average Bonchev–Trinajstić information content (AvgIpc) is 3.63. The first-order chi connectivity index (χ1) is 14.6. The second-order valence-corrected chi connectivity index (χ2v) is 8.97. The van der Waals surface area contributed by atoms with Crippen molar-refractivity contribution < 1.29 is 14.3 Å². The van der Waals surface area contributed by atoms with Crippen molar-refractivity contribution in [2.24, 2.45) is 11.8 Å². The summed E-state index contributed by atoms with van der Waals surface area (Å²) in [7, 11) is 0. The lowest BCUT2D eigenvalue weighted by Gasteiger charge is -2.40. The molecule has 5 rings (SSSR count). The first-order valence-electron chi connectivity index (χ1n) is 11.2. The van der Waals surface area contributed by atoms with Crippen molar-refractivity contribution >= 4 is 11.6 Å². The van der Waals surface area contributed by atoms with Crippen LogP contribution in [-0.2, 0) is 4.79 Å². The molecule has 0 bridgehead atoms. The molecule has 5 nitrogen and oxygen atoms in total. The van der Waals surface area contributed by atoms with Crippen LogP contribution in [0, 0.1) is 11.8 Å². The van der Waals surface area contributed by atoms with Crippen LogP contribution in [0.5, 0.6) is 11.5 Å². The number of carbonyl (C=O) groups is 1. The van der Waals surface area contributed by atoms with E-state index in [-0.39, 0.29) is 24.0 Å². The fourth-order valence-electron chi connectivity index (χ4n) is 3.76. The number of hydrogen-bond acceptors (Lipinski definition) is 4. The molecule has 1 heterocycles. The Morgan fingerprint density at radius 1 is 1.00 bits per heavy atom. The maximum absolute atomic E-state index is 11.9. The van der Waals surface area contributed by atoms with E-state index in [1.165, 1.54) is 18.5 Å². The van der Waals surface area contributed by atoms with E-state index < -0.39 is 0 Å². The average molecular weight is 407 g/mol. The van der Waals surface area contributed by atoms with E-state index in [0.717, 1.165) is 55.5 Å². The maximum atomic E-state index is 11.9. The van der Waals surface area contributed by atoms with Gasteiger partial charge in [-0.1, -0.05) is 12.1 Å². The monoisotopic (exact) mass is 406 g/mol. The number of anilines is 1. The lowest BCUT2D eigenvalue weighted by Crippen LogP contribution is -2.54. The minimum Gasteiger partial charge on any atom is -0.493 e. The van der Waals surface area contributed by atoms with Crippen molar-refractivity contribution in [3.8, 4) is 11.5 Å². The fourth-order valence-corrected chi connectivity index (χ4v) is 3.76. The van der Waals surface area contributed by atoms with Crippen molar-refractivity contribution in [2.45, 2.75) is 44.8 Å². The standard InChI is InChI=1S/C25H30N2O3/c1-17(26-25(28)20-4-5-20)19-6-10-23(11-7-19)30-24-14-27(15-24)21-8-12-22(13-9-21)29-16-18-2-3-18/h6-13,17-18,20,24H,2-5,14-16H2,1H3,(H,26,28). The summed E-state index contributed by atoms with van der Waals surface area (Å²) in [5.74, 6) is 3.04. The van der Waals surface area contributed by atoms with Gasteiger partial charge in [-0.15, -0.1) is 0 Å². The van der Waals surface area contributed by atoms with Crippen molar-refractivity contribution in [1.29, 1.82) is 0 Å². The Kier molecular flexibility index (Phi) is 5.28. The molecule has 158 valence electrons. The molecule has 0 aromatic heterocycles. The molecule has 3 fully saturated rings. The Hall–Kier alpha value is -2.69. The predicted octanol–water partition coefficient (Wildman–Crippen LogP) is 4.33. The zero-order chi connectivity index (χ0) is 20.5. The van der Waals surface area contributed by atoms with E-state index in [0.29, 0.717) is 0 Å². The highest BCUT2D eigenvalue weighted by atomic mass is 16.5. The lowest BCUT2D eigenvalue weighted by molar-refractivity contribution is -0.122. The molecule has 1 unspecified atom stereocenters. The second kappa shape index (κ2) is 8.21.